The van der Waals surface area contributed by atoms with Crippen LogP contribution in [0.4, 0.5) is 0 Å². The maximum atomic E-state index is 12.2. The number of hydrogen-bond donors (Lipinski definition) is 3. The summed E-state index contributed by atoms with van der Waals surface area (Å²) in [6.07, 6.45) is 2.54. The summed E-state index contributed by atoms with van der Waals surface area (Å²) in [7, 11) is -3.50. The zero-order valence-corrected chi connectivity index (χ0v) is 16.5. The molecule has 0 bridgehead atoms. The van der Waals surface area contributed by atoms with Crippen molar-refractivity contribution < 1.29 is 8.42 Å². The zero-order valence-electron chi connectivity index (χ0n) is 15.7. The lowest BCUT2D eigenvalue weighted by molar-refractivity contribution is 0.582. The lowest BCUT2D eigenvalue weighted by atomic mass is 10.4. The van der Waals surface area contributed by atoms with Crippen molar-refractivity contribution in [2.45, 2.75) is 31.7 Å². The molecule has 0 saturated carbocycles. The van der Waals surface area contributed by atoms with Gasteiger partial charge in [0.15, 0.2) is 5.96 Å². The van der Waals surface area contributed by atoms with Crippen molar-refractivity contribution in [2.75, 3.05) is 26.2 Å². The smallest absolute Gasteiger partial charge is 0.240 e. The number of aliphatic imine (C=N–C) groups is 1. The maximum Gasteiger partial charge on any atom is 0.240 e. The third kappa shape index (κ3) is 6.65. The van der Waals surface area contributed by atoms with E-state index in [0.29, 0.717) is 25.6 Å². The van der Waals surface area contributed by atoms with Crippen molar-refractivity contribution in [3.05, 3.63) is 42.5 Å². The lowest BCUT2D eigenvalue weighted by Gasteiger charge is -2.12. The van der Waals surface area contributed by atoms with Crippen LogP contribution in [0.5, 0.6) is 0 Å². The minimum absolute atomic E-state index is 0.221. The van der Waals surface area contributed by atoms with Gasteiger partial charge in [-0.1, -0.05) is 25.1 Å². The monoisotopic (exact) mass is 393 g/mol. The molecule has 0 spiro atoms. The molecule has 2 rings (SSSR count). The molecule has 3 N–H and O–H groups in total. The predicted molar refractivity (Wildman–Crippen MR) is 105 cm³/mol. The number of guanidine groups is 1. The van der Waals surface area contributed by atoms with Crippen LogP contribution in [0.1, 0.15) is 19.7 Å². The number of benzene rings is 1. The summed E-state index contributed by atoms with van der Waals surface area (Å²) >= 11 is 0. The van der Waals surface area contributed by atoms with Gasteiger partial charge in [0.2, 0.25) is 10.0 Å². The van der Waals surface area contributed by atoms with Crippen LogP contribution in [0.2, 0.25) is 0 Å². The average Bonchev–Trinajstić information content (AvgIpc) is 3.13. The summed E-state index contributed by atoms with van der Waals surface area (Å²) < 4.78 is 28.9. The van der Waals surface area contributed by atoms with Gasteiger partial charge in [-0.2, -0.15) is 0 Å². The quantitative estimate of drug-likeness (QED) is 0.305. The summed E-state index contributed by atoms with van der Waals surface area (Å²) in [6, 6.07) is 8.29. The first kappa shape index (κ1) is 20.8. The summed E-state index contributed by atoms with van der Waals surface area (Å²) in [4.78, 5) is 4.65. The van der Waals surface area contributed by atoms with E-state index in [9.17, 15) is 8.42 Å². The number of sulfonamides is 1. The molecule has 0 aliphatic rings. The summed E-state index contributed by atoms with van der Waals surface area (Å²) in [5, 5.41) is 14.3. The molecule has 0 radical (unpaired) electrons. The van der Waals surface area contributed by atoms with Gasteiger partial charge < -0.3 is 15.2 Å². The van der Waals surface area contributed by atoms with E-state index < -0.39 is 10.0 Å². The first-order chi connectivity index (χ1) is 13.1. The molecule has 0 amide bonds. The molecule has 10 heteroatoms. The number of nitrogens with zero attached hydrogens (tertiary/aromatic N) is 4. The minimum atomic E-state index is -3.50. The molecule has 0 aliphatic carbocycles. The van der Waals surface area contributed by atoms with E-state index >= 15 is 0 Å². The molecule has 0 atom stereocenters. The molecule has 27 heavy (non-hydrogen) atoms. The highest BCUT2D eigenvalue weighted by Crippen LogP contribution is 2.06. The van der Waals surface area contributed by atoms with Crippen molar-refractivity contribution >= 4 is 16.0 Å². The van der Waals surface area contributed by atoms with Crippen molar-refractivity contribution in [1.29, 1.82) is 0 Å². The van der Waals surface area contributed by atoms with Crippen LogP contribution in [0.25, 0.3) is 0 Å². The van der Waals surface area contributed by atoms with Crippen LogP contribution < -0.4 is 15.4 Å². The van der Waals surface area contributed by atoms with Crippen molar-refractivity contribution in [2.24, 2.45) is 4.99 Å². The topological polar surface area (TPSA) is 113 Å². The summed E-state index contributed by atoms with van der Waals surface area (Å²) in [5.74, 6) is 1.58. The second-order valence-electron chi connectivity index (χ2n) is 5.69. The second kappa shape index (κ2) is 10.6. The average molecular weight is 394 g/mol. The maximum absolute atomic E-state index is 12.2. The van der Waals surface area contributed by atoms with Crippen LogP contribution >= 0.6 is 0 Å². The Morgan fingerprint density at radius 2 is 1.93 bits per heavy atom. The van der Waals surface area contributed by atoms with Crippen molar-refractivity contribution in [3.63, 3.8) is 0 Å². The Labute approximate surface area is 160 Å². The fraction of sp³-hybridized carbons (Fsp3) is 0.471. The van der Waals surface area contributed by atoms with Gasteiger partial charge in [0.1, 0.15) is 12.2 Å². The highest BCUT2D eigenvalue weighted by atomic mass is 32.2. The normalized spacial score (nSPS) is 12.1. The molecule has 1 aromatic carbocycles. The van der Waals surface area contributed by atoms with Gasteiger partial charge in [-0.05, 0) is 19.1 Å². The summed E-state index contributed by atoms with van der Waals surface area (Å²) in [5.41, 5.74) is 0. The van der Waals surface area contributed by atoms with E-state index in [1.54, 1.807) is 36.7 Å². The Kier molecular flexibility index (Phi) is 8.21. The number of rotatable bonds is 10. The highest BCUT2D eigenvalue weighted by Gasteiger charge is 2.11. The third-order valence-corrected chi connectivity index (χ3v) is 5.21. The van der Waals surface area contributed by atoms with Gasteiger partial charge in [-0.25, -0.2) is 13.1 Å². The second-order valence-corrected chi connectivity index (χ2v) is 7.46. The molecule has 0 saturated heterocycles. The first-order valence-electron chi connectivity index (χ1n) is 9.00. The van der Waals surface area contributed by atoms with Crippen molar-refractivity contribution in [1.82, 2.24) is 30.1 Å². The van der Waals surface area contributed by atoms with Gasteiger partial charge in [0.05, 0.1) is 11.4 Å². The predicted octanol–water partition coefficient (Wildman–Crippen LogP) is 0.374. The molecule has 148 valence electrons. The fourth-order valence-electron chi connectivity index (χ4n) is 2.41. The first-order valence-corrected chi connectivity index (χ1v) is 10.5. The highest BCUT2D eigenvalue weighted by molar-refractivity contribution is 7.89. The van der Waals surface area contributed by atoms with Gasteiger partial charge in [-0.3, -0.25) is 4.99 Å². The van der Waals surface area contributed by atoms with Gasteiger partial charge >= 0.3 is 0 Å². The van der Waals surface area contributed by atoms with E-state index in [4.69, 9.17) is 0 Å². The number of aromatic nitrogens is 3. The molecule has 2 aromatic rings. The van der Waals surface area contributed by atoms with E-state index in [0.717, 1.165) is 18.8 Å². The molecule has 1 heterocycles. The zero-order chi connectivity index (χ0) is 19.5. The molecule has 1 aromatic heterocycles. The molecule has 0 aliphatic heterocycles. The lowest BCUT2D eigenvalue weighted by Crippen LogP contribution is -2.39. The summed E-state index contributed by atoms with van der Waals surface area (Å²) in [6.45, 7) is 6.66. The Hall–Kier alpha value is -2.46. The minimum Gasteiger partial charge on any atom is -0.357 e. The Morgan fingerprint density at radius 3 is 2.63 bits per heavy atom. The van der Waals surface area contributed by atoms with Gasteiger partial charge in [-0.15, -0.1) is 10.2 Å². The SMILES string of the molecule is CCNC(=NCCNS(=O)(=O)c1ccccc1)NCCn1cnnc1CC. The van der Waals surface area contributed by atoms with Crippen molar-refractivity contribution in [3.8, 4) is 0 Å². The molecule has 9 nitrogen and oxygen atoms in total. The Morgan fingerprint density at radius 1 is 1.15 bits per heavy atom. The van der Waals surface area contributed by atoms with Crippen LogP contribution in [0.3, 0.4) is 0 Å². The number of aryl methyl sites for hydroxylation is 1. The third-order valence-electron chi connectivity index (χ3n) is 3.73. The van der Waals surface area contributed by atoms with E-state index in [1.807, 2.05) is 18.4 Å². The molecule has 0 fully saturated rings. The van der Waals surface area contributed by atoms with Crippen LogP contribution in [-0.4, -0.2) is 55.3 Å². The Bertz CT molecular complexity index is 819. The standard InChI is InChI=1S/C17H27N7O2S/c1-3-16-23-21-14-24(16)13-12-20-17(18-4-2)19-10-11-22-27(25,26)15-8-6-5-7-9-15/h5-9,14,22H,3-4,10-13H2,1-2H3,(H2,18,19,20). The van der Waals surface area contributed by atoms with Crippen LogP contribution in [-0.2, 0) is 23.0 Å². The largest absolute Gasteiger partial charge is 0.357 e. The molecule has 0 unspecified atom stereocenters. The van der Waals surface area contributed by atoms with E-state index in [-0.39, 0.29) is 11.4 Å². The fourth-order valence-corrected chi connectivity index (χ4v) is 3.45. The van der Waals surface area contributed by atoms with Crippen LogP contribution in [0, 0.1) is 0 Å². The molecular formula is C17H27N7O2S. The van der Waals surface area contributed by atoms with Gasteiger partial charge in [0, 0.05) is 32.6 Å². The molecular weight excluding hydrogens is 366 g/mol. The van der Waals surface area contributed by atoms with E-state index in [1.165, 1.54) is 0 Å². The van der Waals surface area contributed by atoms with Gasteiger partial charge in [0.25, 0.3) is 0 Å². The van der Waals surface area contributed by atoms with E-state index in [2.05, 4.69) is 30.5 Å². The Balaban J connectivity index is 1.81. The number of nitrogens with one attached hydrogen (secondary N) is 3. The van der Waals surface area contributed by atoms with Crippen LogP contribution in [0.15, 0.2) is 46.5 Å². The number of hydrogen-bond acceptors (Lipinski definition) is 5.